The standard InChI is InChI=1S/C12H15ClF3N/c1-2-3-7-11(12(14,15)16)17-10-6-4-5-9(13)8-10/h4-6,8,11,17H,2-3,7H2,1H3. The fraction of sp³-hybridized carbons (Fsp3) is 0.500. The van der Waals surface area contributed by atoms with Gasteiger partial charge in [0, 0.05) is 10.7 Å². The molecule has 96 valence electrons. The molecule has 1 N–H and O–H groups in total. The van der Waals surface area contributed by atoms with E-state index >= 15 is 0 Å². The van der Waals surface area contributed by atoms with Gasteiger partial charge in [0.2, 0.25) is 0 Å². The van der Waals surface area contributed by atoms with Crippen LogP contribution in [-0.2, 0) is 0 Å². The first kappa shape index (κ1) is 14.2. The minimum absolute atomic E-state index is 0.0759. The van der Waals surface area contributed by atoms with Crippen molar-refractivity contribution in [2.45, 2.75) is 38.4 Å². The molecule has 0 fully saturated rings. The van der Waals surface area contributed by atoms with Crippen LogP contribution in [0.1, 0.15) is 26.2 Å². The maximum atomic E-state index is 12.7. The minimum atomic E-state index is -4.24. The van der Waals surface area contributed by atoms with Crippen molar-refractivity contribution in [2.24, 2.45) is 0 Å². The van der Waals surface area contributed by atoms with Gasteiger partial charge in [-0.3, -0.25) is 0 Å². The number of halogens is 4. The summed E-state index contributed by atoms with van der Waals surface area (Å²) in [6.45, 7) is 1.87. The molecule has 1 rings (SSSR count). The average Bonchev–Trinajstić information content (AvgIpc) is 2.22. The van der Waals surface area contributed by atoms with Crippen molar-refractivity contribution in [3.63, 3.8) is 0 Å². The van der Waals surface area contributed by atoms with Gasteiger partial charge in [0.1, 0.15) is 6.04 Å². The summed E-state index contributed by atoms with van der Waals surface area (Å²) in [7, 11) is 0. The Morgan fingerprint density at radius 3 is 2.59 bits per heavy atom. The largest absolute Gasteiger partial charge is 0.408 e. The highest BCUT2D eigenvalue weighted by Crippen LogP contribution is 2.28. The van der Waals surface area contributed by atoms with Crippen molar-refractivity contribution in [3.05, 3.63) is 29.3 Å². The van der Waals surface area contributed by atoms with Gasteiger partial charge in [-0.15, -0.1) is 0 Å². The molecule has 1 atom stereocenters. The fourth-order valence-corrected chi connectivity index (χ4v) is 1.70. The summed E-state index contributed by atoms with van der Waals surface area (Å²) >= 11 is 5.73. The number of unbranched alkanes of at least 4 members (excludes halogenated alkanes) is 1. The van der Waals surface area contributed by atoms with Crippen LogP contribution in [0.5, 0.6) is 0 Å². The molecular formula is C12H15ClF3N. The zero-order chi connectivity index (χ0) is 12.9. The first-order valence-electron chi connectivity index (χ1n) is 5.52. The average molecular weight is 266 g/mol. The maximum Gasteiger partial charge on any atom is 0.408 e. The van der Waals surface area contributed by atoms with Gasteiger partial charge < -0.3 is 5.32 Å². The Labute approximate surface area is 104 Å². The quantitative estimate of drug-likeness (QED) is 0.801. The highest BCUT2D eigenvalue weighted by atomic mass is 35.5. The minimum Gasteiger partial charge on any atom is -0.374 e. The first-order chi connectivity index (χ1) is 7.93. The Balaban J connectivity index is 2.72. The summed E-state index contributed by atoms with van der Waals surface area (Å²) in [5.74, 6) is 0. The first-order valence-corrected chi connectivity index (χ1v) is 5.90. The molecule has 5 heteroatoms. The molecule has 0 amide bonds. The molecule has 1 nitrogen and oxygen atoms in total. The van der Waals surface area contributed by atoms with E-state index in [1.165, 1.54) is 6.07 Å². The zero-order valence-electron chi connectivity index (χ0n) is 9.52. The van der Waals surface area contributed by atoms with Gasteiger partial charge in [-0.2, -0.15) is 13.2 Å². The molecular weight excluding hydrogens is 251 g/mol. The van der Waals surface area contributed by atoms with Gasteiger partial charge in [0.05, 0.1) is 0 Å². The Morgan fingerprint density at radius 2 is 2.06 bits per heavy atom. The van der Waals surface area contributed by atoms with Gasteiger partial charge in [-0.05, 0) is 24.6 Å². The summed E-state index contributed by atoms with van der Waals surface area (Å²) < 4.78 is 38.2. The molecule has 1 aromatic rings. The molecule has 0 aliphatic carbocycles. The maximum absolute atomic E-state index is 12.7. The van der Waals surface area contributed by atoms with Gasteiger partial charge in [0.15, 0.2) is 0 Å². The van der Waals surface area contributed by atoms with E-state index in [9.17, 15) is 13.2 Å². The third-order valence-electron chi connectivity index (χ3n) is 2.41. The van der Waals surface area contributed by atoms with Crippen molar-refractivity contribution in [2.75, 3.05) is 5.32 Å². The fourth-order valence-electron chi connectivity index (χ4n) is 1.51. The second kappa shape index (κ2) is 6.15. The predicted octanol–water partition coefficient (Wildman–Crippen LogP) is 4.87. The highest BCUT2D eigenvalue weighted by molar-refractivity contribution is 6.30. The number of hydrogen-bond acceptors (Lipinski definition) is 1. The molecule has 0 aliphatic rings. The van der Waals surface area contributed by atoms with Gasteiger partial charge in [0.25, 0.3) is 0 Å². The summed E-state index contributed by atoms with van der Waals surface area (Å²) in [5, 5.41) is 2.91. The third-order valence-corrected chi connectivity index (χ3v) is 2.64. The summed E-state index contributed by atoms with van der Waals surface area (Å²) in [6, 6.07) is 4.81. The molecule has 0 bridgehead atoms. The molecule has 0 saturated carbocycles. The predicted molar refractivity (Wildman–Crippen MR) is 64.4 cm³/mol. The van der Waals surface area contributed by atoms with Crippen LogP contribution in [0.3, 0.4) is 0 Å². The lowest BCUT2D eigenvalue weighted by atomic mass is 10.1. The molecule has 1 unspecified atom stereocenters. The Bertz CT molecular complexity index is 352. The smallest absolute Gasteiger partial charge is 0.374 e. The molecule has 1 aromatic carbocycles. The van der Waals surface area contributed by atoms with Crippen molar-refractivity contribution < 1.29 is 13.2 Å². The van der Waals surface area contributed by atoms with E-state index in [0.29, 0.717) is 17.1 Å². The molecule has 0 saturated heterocycles. The van der Waals surface area contributed by atoms with Crippen LogP contribution in [0, 0.1) is 0 Å². The highest BCUT2D eigenvalue weighted by Gasteiger charge is 2.38. The van der Waals surface area contributed by atoms with Gasteiger partial charge in [-0.1, -0.05) is 37.4 Å². The molecule has 17 heavy (non-hydrogen) atoms. The number of nitrogens with one attached hydrogen (secondary N) is 1. The van der Waals surface area contributed by atoms with E-state index in [1.54, 1.807) is 18.2 Å². The third kappa shape index (κ3) is 4.86. The van der Waals surface area contributed by atoms with Gasteiger partial charge >= 0.3 is 6.18 Å². The number of rotatable bonds is 5. The molecule has 0 aliphatic heterocycles. The van der Waals surface area contributed by atoms with Crippen LogP contribution in [-0.4, -0.2) is 12.2 Å². The van der Waals surface area contributed by atoms with Crippen LogP contribution in [0.2, 0.25) is 5.02 Å². The van der Waals surface area contributed by atoms with Crippen LogP contribution >= 0.6 is 11.6 Å². The number of anilines is 1. The van der Waals surface area contributed by atoms with E-state index in [-0.39, 0.29) is 6.42 Å². The van der Waals surface area contributed by atoms with E-state index in [4.69, 9.17) is 11.6 Å². The summed E-state index contributed by atoms with van der Waals surface area (Å²) in [5.41, 5.74) is 0.399. The number of alkyl halides is 3. The number of hydrogen-bond donors (Lipinski definition) is 1. The van der Waals surface area contributed by atoms with Crippen molar-refractivity contribution in [3.8, 4) is 0 Å². The Morgan fingerprint density at radius 1 is 1.35 bits per heavy atom. The van der Waals surface area contributed by atoms with Crippen molar-refractivity contribution >= 4 is 17.3 Å². The lowest BCUT2D eigenvalue weighted by molar-refractivity contribution is -0.143. The lowest BCUT2D eigenvalue weighted by Crippen LogP contribution is -2.36. The molecule has 0 spiro atoms. The van der Waals surface area contributed by atoms with E-state index < -0.39 is 12.2 Å². The monoisotopic (exact) mass is 265 g/mol. The van der Waals surface area contributed by atoms with Crippen LogP contribution < -0.4 is 5.32 Å². The Kier molecular flexibility index (Phi) is 5.12. The summed E-state index contributed by atoms with van der Waals surface area (Å²) in [6.07, 6.45) is -2.88. The number of benzene rings is 1. The van der Waals surface area contributed by atoms with Crippen molar-refractivity contribution in [1.82, 2.24) is 0 Å². The van der Waals surface area contributed by atoms with Crippen LogP contribution in [0.25, 0.3) is 0 Å². The second-order valence-electron chi connectivity index (χ2n) is 3.89. The van der Waals surface area contributed by atoms with Crippen LogP contribution in [0.4, 0.5) is 18.9 Å². The Hall–Kier alpha value is -0.900. The van der Waals surface area contributed by atoms with Crippen LogP contribution in [0.15, 0.2) is 24.3 Å². The molecule has 0 heterocycles. The zero-order valence-corrected chi connectivity index (χ0v) is 10.3. The lowest BCUT2D eigenvalue weighted by Gasteiger charge is -2.22. The SMILES string of the molecule is CCCCC(Nc1cccc(Cl)c1)C(F)(F)F. The van der Waals surface area contributed by atoms with E-state index in [2.05, 4.69) is 5.32 Å². The second-order valence-corrected chi connectivity index (χ2v) is 4.33. The van der Waals surface area contributed by atoms with E-state index in [1.807, 2.05) is 6.92 Å². The normalized spacial score (nSPS) is 13.5. The van der Waals surface area contributed by atoms with E-state index in [0.717, 1.165) is 6.42 Å². The van der Waals surface area contributed by atoms with Gasteiger partial charge in [-0.25, -0.2) is 0 Å². The molecule has 0 radical (unpaired) electrons. The topological polar surface area (TPSA) is 12.0 Å². The van der Waals surface area contributed by atoms with Crippen molar-refractivity contribution in [1.29, 1.82) is 0 Å². The summed E-state index contributed by atoms with van der Waals surface area (Å²) in [4.78, 5) is 0. The molecule has 0 aromatic heterocycles.